The number of carbonyl (C=O) groups is 1. The number of aryl methyl sites for hydroxylation is 1. The van der Waals surface area contributed by atoms with Crippen LogP contribution < -0.4 is 11.1 Å². The molecule has 2 rings (SSSR count). The highest BCUT2D eigenvalue weighted by atomic mass is 35.5. The van der Waals surface area contributed by atoms with Crippen molar-refractivity contribution in [3.8, 4) is 0 Å². The quantitative estimate of drug-likeness (QED) is 0.749. The second-order valence-electron chi connectivity index (χ2n) is 3.50. The fraction of sp³-hybridized carbons (Fsp3) is 0.100. The predicted molar refractivity (Wildman–Crippen MR) is 70.8 cm³/mol. The molecule has 18 heavy (non-hydrogen) atoms. The molecule has 0 unspecified atom stereocenters. The minimum absolute atomic E-state index is 0.00662. The highest BCUT2D eigenvalue weighted by Crippen LogP contribution is 2.32. The summed E-state index contributed by atoms with van der Waals surface area (Å²) in [4.78, 5) is 15.2. The second-order valence-corrected chi connectivity index (χ2v) is 4.66. The first kappa shape index (κ1) is 12.6. The van der Waals surface area contributed by atoms with Gasteiger partial charge in [-0.15, -0.1) is 0 Å². The Morgan fingerprint density at radius 1 is 1.56 bits per heavy atom. The van der Waals surface area contributed by atoms with Crippen LogP contribution in [0.15, 0.2) is 12.1 Å². The topological polar surface area (TPSA) is 101 Å². The van der Waals surface area contributed by atoms with Gasteiger partial charge in [-0.05, 0) is 19.1 Å². The molecule has 0 aliphatic carbocycles. The number of nitrogens with two attached hydrogens (primary N) is 1. The number of nitrogens with zero attached hydrogens (tertiary/aromatic N) is 2. The molecule has 0 atom stereocenters. The molecule has 0 aliphatic heterocycles. The molecule has 94 valence electrons. The summed E-state index contributed by atoms with van der Waals surface area (Å²) in [7, 11) is 0. The summed E-state index contributed by atoms with van der Waals surface area (Å²) in [6, 6.07) is 2.81. The van der Waals surface area contributed by atoms with Gasteiger partial charge in [0.25, 0.3) is 0 Å². The van der Waals surface area contributed by atoms with Gasteiger partial charge in [0.15, 0.2) is 0 Å². The zero-order valence-corrected chi connectivity index (χ0v) is 10.8. The molecule has 0 fully saturated rings. The number of nitrogens with one attached hydrogen (secondary N) is 1. The zero-order chi connectivity index (χ0) is 13.3. The molecule has 0 bridgehead atoms. The summed E-state index contributed by atoms with van der Waals surface area (Å²) in [5, 5.41) is 12.7. The van der Waals surface area contributed by atoms with Gasteiger partial charge in [0.05, 0.1) is 16.3 Å². The average molecular weight is 285 g/mol. The van der Waals surface area contributed by atoms with Gasteiger partial charge in [-0.1, -0.05) is 11.6 Å². The highest BCUT2D eigenvalue weighted by molar-refractivity contribution is 7.09. The van der Waals surface area contributed by atoms with Crippen LogP contribution in [0, 0.1) is 6.92 Å². The van der Waals surface area contributed by atoms with Crippen molar-refractivity contribution in [2.45, 2.75) is 6.92 Å². The first-order valence-corrected chi connectivity index (χ1v) is 6.02. The minimum atomic E-state index is -1.12. The number of carboxylic acids is 1. The number of aromatic nitrogens is 2. The maximum absolute atomic E-state index is 11.1. The number of hydrogen-bond donors (Lipinski definition) is 3. The van der Waals surface area contributed by atoms with E-state index in [1.165, 1.54) is 12.1 Å². The van der Waals surface area contributed by atoms with E-state index >= 15 is 0 Å². The van der Waals surface area contributed by atoms with E-state index in [2.05, 4.69) is 14.7 Å². The van der Waals surface area contributed by atoms with Crippen LogP contribution in [-0.2, 0) is 0 Å². The van der Waals surface area contributed by atoms with Crippen molar-refractivity contribution in [2.75, 3.05) is 11.1 Å². The lowest BCUT2D eigenvalue weighted by molar-refractivity contribution is 0.0698. The molecule has 1 aromatic heterocycles. The van der Waals surface area contributed by atoms with Crippen LogP contribution in [0.4, 0.5) is 16.5 Å². The van der Waals surface area contributed by atoms with Gasteiger partial charge in [-0.2, -0.15) is 4.37 Å². The molecule has 4 N–H and O–H groups in total. The van der Waals surface area contributed by atoms with E-state index in [-0.39, 0.29) is 22.0 Å². The molecule has 0 radical (unpaired) electrons. The Morgan fingerprint density at radius 3 is 2.83 bits per heavy atom. The summed E-state index contributed by atoms with van der Waals surface area (Å²) in [5.41, 5.74) is 6.10. The van der Waals surface area contributed by atoms with Crippen molar-refractivity contribution in [2.24, 2.45) is 0 Å². The first-order valence-electron chi connectivity index (χ1n) is 4.87. The Kier molecular flexibility index (Phi) is 3.35. The SMILES string of the molecule is Cc1nsc(Nc2c(Cl)cc(N)cc2C(=O)O)n1. The van der Waals surface area contributed by atoms with Crippen molar-refractivity contribution in [3.63, 3.8) is 0 Å². The Morgan fingerprint density at radius 2 is 2.28 bits per heavy atom. The van der Waals surface area contributed by atoms with Crippen LogP contribution >= 0.6 is 23.1 Å². The number of nitrogen functional groups attached to an aromatic ring is 1. The molecule has 6 nitrogen and oxygen atoms in total. The third-order valence-corrected chi connectivity index (χ3v) is 3.12. The standard InChI is InChI=1S/C10H9ClN4O2S/c1-4-13-10(18-15-4)14-8-6(9(16)17)2-5(12)3-7(8)11/h2-3H,12H2,1H3,(H,16,17)(H,13,14,15). The van der Waals surface area contributed by atoms with E-state index in [1.807, 2.05) is 0 Å². The number of anilines is 3. The number of halogens is 1. The molecule has 0 spiro atoms. The van der Waals surface area contributed by atoms with E-state index < -0.39 is 5.97 Å². The van der Waals surface area contributed by atoms with Gasteiger partial charge in [0.1, 0.15) is 5.82 Å². The first-order chi connectivity index (χ1) is 8.47. The van der Waals surface area contributed by atoms with Gasteiger partial charge in [0, 0.05) is 17.2 Å². The van der Waals surface area contributed by atoms with Crippen molar-refractivity contribution in [3.05, 3.63) is 28.5 Å². The lowest BCUT2D eigenvalue weighted by Gasteiger charge is -2.09. The smallest absolute Gasteiger partial charge is 0.337 e. The molecule has 1 aromatic carbocycles. The second kappa shape index (κ2) is 4.79. The van der Waals surface area contributed by atoms with Crippen molar-refractivity contribution in [1.29, 1.82) is 0 Å². The molecule has 0 amide bonds. The van der Waals surface area contributed by atoms with Crippen LogP contribution in [-0.4, -0.2) is 20.4 Å². The minimum Gasteiger partial charge on any atom is -0.478 e. The van der Waals surface area contributed by atoms with Crippen molar-refractivity contribution >= 4 is 45.6 Å². The van der Waals surface area contributed by atoms with Gasteiger partial charge >= 0.3 is 5.97 Å². The van der Waals surface area contributed by atoms with Crippen molar-refractivity contribution < 1.29 is 9.90 Å². The van der Waals surface area contributed by atoms with E-state index in [9.17, 15) is 4.79 Å². The van der Waals surface area contributed by atoms with Gasteiger partial charge in [0.2, 0.25) is 5.13 Å². The third-order valence-electron chi connectivity index (χ3n) is 2.10. The zero-order valence-electron chi connectivity index (χ0n) is 9.27. The van der Waals surface area contributed by atoms with Crippen molar-refractivity contribution in [1.82, 2.24) is 9.36 Å². The summed E-state index contributed by atoms with van der Waals surface area (Å²) in [6.45, 7) is 1.74. The number of rotatable bonds is 3. The Balaban J connectivity index is 2.46. The Bertz CT molecular complexity index is 614. The lowest BCUT2D eigenvalue weighted by Crippen LogP contribution is -2.04. The van der Waals surface area contributed by atoms with Gasteiger partial charge < -0.3 is 16.2 Å². The summed E-state index contributed by atoms with van der Waals surface area (Å²) >= 11 is 7.11. The third kappa shape index (κ3) is 2.52. The summed E-state index contributed by atoms with van der Waals surface area (Å²) in [5.74, 6) is -0.515. The Labute approximate surface area is 112 Å². The molecule has 0 saturated carbocycles. The largest absolute Gasteiger partial charge is 0.478 e. The molecule has 0 aliphatic rings. The van der Waals surface area contributed by atoms with E-state index in [1.54, 1.807) is 6.92 Å². The average Bonchev–Trinajstić information content (AvgIpc) is 2.67. The van der Waals surface area contributed by atoms with Crippen LogP contribution in [0.2, 0.25) is 5.02 Å². The van der Waals surface area contributed by atoms with E-state index in [4.69, 9.17) is 22.4 Å². The maximum Gasteiger partial charge on any atom is 0.337 e. The molecular formula is C10H9ClN4O2S. The fourth-order valence-corrected chi connectivity index (χ4v) is 2.23. The van der Waals surface area contributed by atoms with Gasteiger partial charge in [-0.25, -0.2) is 9.78 Å². The van der Waals surface area contributed by atoms with Crippen LogP contribution in [0.25, 0.3) is 0 Å². The molecule has 1 heterocycles. The lowest BCUT2D eigenvalue weighted by atomic mass is 10.1. The van der Waals surface area contributed by atoms with Crippen LogP contribution in [0.5, 0.6) is 0 Å². The van der Waals surface area contributed by atoms with E-state index in [0.29, 0.717) is 11.0 Å². The fourth-order valence-electron chi connectivity index (χ4n) is 1.38. The monoisotopic (exact) mass is 284 g/mol. The molecular weight excluding hydrogens is 276 g/mol. The van der Waals surface area contributed by atoms with Crippen LogP contribution in [0.1, 0.15) is 16.2 Å². The summed E-state index contributed by atoms with van der Waals surface area (Å²) in [6.07, 6.45) is 0. The number of carboxylic acid groups (broad SMARTS) is 1. The summed E-state index contributed by atoms with van der Waals surface area (Å²) < 4.78 is 3.99. The normalized spacial score (nSPS) is 10.3. The Hall–Kier alpha value is -1.86. The number of hydrogen-bond acceptors (Lipinski definition) is 6. The molecule has 0 saturated heterocycles. The number of aromatic carboxylic acids is 1. The molecule has 2 aromatic rings. The predicted octanol–water partition coefficient (Wildman–Crippen LogP) is 2.52. The molecule has 8 heteroatoms. The van der Waals surface area contributed by atoms with E-state index in [0.717, 1.165) is 11.5 Å². The maximum atomic E-state index is 11.1. The van der Waals surface area contributed by atoms with Crippen LogP contribution in [0.3, 0.4) is 0 Å². The number of benzene rings is 1. The highest BCUT2D eigenvalue weighted by Gasteiger charge is 2.16. The van der Waals surface area contributed by atoms with Gasteiger partial charge in [-0.3, -0.25) is 0 Å².